The largest absolute Gasteiger partial charge is 0.351 e. The number of primary amides is 1. The van der Waals surface area contributed by atoms with E-state index in [9.17, 15) is 4.79 Å². The van der Waals surface area contributed by atoms with E-state index in [4.69, 9.17) is 5.73 Å². The Hall–Kier alpha value is -2.60. The maximum atomic E-state index is 11.9. The Bertz CT molecular complexity index is 843. The number of amides is 2. The molecule has 0 bridgehead atoms. The molecule has 0 unspecified atom stereocenters. The van der Waals surface area contributed by atoms with Gasteiger partial charge in [-0.25, -0.2) is 4.79 Å². The topological polar surface area (TPSA) is 64.2 Å². The second-order valence-electron chi connectivity index (χ2n) is 5.21. The van der Waals surface area contributed by atoms with Crippen molar-refractivity contribution >= 4 is 33.3 Å². The van der Waals surface area contributed by atoms with Gasteiger partial charge in [-0.1, -0.05) is 30.3 Å². The molecular formula is C18H17BrN4O. The molecule has 0 saturated heterocycles. The van der Waals surface area contributed by atoms with Gasteiger partial charge in [-0.05, 0) is 47.1 Å². The fourth-order valence-corrected chi connectivity index (χ4v) is 3.16. The monoisotopic (exact) mass is 384 g/mol. The molecule has 0 atom stereocenters. The van der Waals surface area contributed by atoms with Gasteiger partial charge in [-0.2, -0.15) is 5.10 Å². The van der Waals surface area contributed by atoms with E-state index >= 15 is 0 Å². The Labute approximate surface area is 148 Å². The van der Waals surface area contributed by atoms with Crippen LogP contribution < -0.4 is 10.6 Å². The number of anilines is 2. The summed E-state index contributed by atoms with van der Waals surface area (Å²) in [6.07, 6.45) is 1.78. The van der Waals surface area contributed by atoms with E-state index in [1.807, 2.05) is 66.2 Å². The summed E-state index contributed by atoms with van der Waals surface area (Å²) >= 11 is 3.53. The van der Waals surface area contributed by atoms with Crippen molar-refractivity contribution in [2.75, 3.05) is 4.90 Å². The van der Waals surface area contributed by atoms with Crippen LogP contribution in [-0.4, -0.2) is 15.8 Å². The molecule has 0 spiro atoms. The third-order valence-electron chi connectivity index (χ3n) is 3.73. The van der Waals surface area contributed by atoms with Crippen molar-refractivity contribution in [2.45, 2.75) is 13.5 Å². The number of hydrogen-bond acceptors (Lipinski definition) is 2. The quantitative estimate of drug-likeness (QED) is 0.716. The number of nitrogens with zero attached hydrogens (tertiary/aromatic N) is 3. The summed E-state index contributed by atoms with van der Waals surface area (Å²) in [5.41, 5.74) is 9.05. The highest BCUT2D eigenvalue weighted by molar-refractivity contribution is 9.10. The number of rotatable bonds is 4. The van der Waals surface area contributed by atoms with Crippen molar-refractivity contribution in [1.82, 2.24) is 9.78 Å². The van der Waals surface area contributed by atoms with Gasteiger partial charge >= 0.3 is 6.03 Å². The van der Waals surface area contributed by atoms with Crippen molar-refractivity contribution < 1.29 is 4.79 Å². The maximum absolute atomic E-state index is 11.9. The molecule has 2 aromatic carbocycles. The first-order valence-electron chi connectivity index (χ1n) is 7.58. The van der Waals surface area contributed by atoms with Gasteiger partial charge in [-0.15, -0.1) is 0 Å². The molecule has 1 heterocycles. The number of aromatic nitrogens is 2. The molecule has 1 aromatic heterocycles. The second kappa shape index (κ2) is 6.88. The van der Waals surface area contributed by atoms with Crippen LogP contribution in [0.15, 0.2) is 65.3 Å². The van der Waals surface area contributed by atoms with Crippen LogP contribution in [0.25, 0.3) is 11.3 Å². The second-order valence-corrected chi connectivity index (χ2v) is 6.07. The summed E-state index contributed by atoms with van der Waals surface area (Å²) in [5, 5.41) is 4.33. The SMILES string of the molecule is CCn1ncc(Br)c1-c1ccc(N(C(N)=O)c2ccccc2)cc1. The van der Waals surface area contributed by atoms with E-state index in [0.717, 1.165) is 33.6 Å². The van der Waals surface area contributed by atoms with Crippen LogP contribution in [0.1, 0.15) is 6.92 Å². The van der Waals surface area contributed by atoms with Crippen molar-refractivity contribution in [3.05, 3.63) is 65.3 Å². The Morgan fingerprint density at radius 2 is 1.75 bits per heavy atom. The maximum Gasteiger partial charge on any atom is 0.323 e. The van der Waals surface area contributed by atoms with Crippen LogP contribution >= 0.6 is 15.9 Å². The van der Waals surface area contributed by atoms with Gasteiger partial charge in [0, 0.05) is 12.1 Å². The summed E-state index contributed by atoms with van der Waals surface area (Å²) in [4.78, 5) is 13.4. The first-order chi connectivity index (χ1) is 11.6. The minimum Gasteiger partial charge on any atom is -0.351 e. The third kappa shape index (κ3) is 3.05. The van der Waals surface area contributed by atoms with Crippen molar-refractivity contribution in [3.63, 3.8) is 0 Å². The van der Waals surface area contributed by atoms with E-state index in [1.165, 1.54) is 4.90 Å². The molecule has 0 aliphatic heterocycles. The molecule has 0 aliphatic carbocycles. The average Bonchev–Trinajstić information content (AvgIpc) is 2.97. The molecule has 2 amide bonds. The van der Waals surface area contributed by atoms with Gasteiger partial charge < -0.3 is 5.73 Å². The van der Waals surface area contributed by atoms with Gasteiger partial charge in [0.2, 0.25) is 0 Å². The lowest BCUT2D eigenvalue weighted by atomic mass is 10.1. The number of urea groups is 1. The summed E-state index contributed by atoms with van der Waals surface area (Å²) in [5.74, 6) is 0. The highest BCUT2D eigenvalue weighted by Crippen LogP contribution is 2.31. The summed E-state index contributed by atoms with van der Waals surface area (Å²) < 4.78 is 2.86. The van der Waals surface area contributed by atoms with Crippen molar-refractivity contribution in [1.29, 1.82) is 0 Å². The predicted molar refractivity (Wildman–Crippen MR) is 99.2 cm³/mol. The number of carbonyl (C=O) groups excluding carboxylic acids is 1. The number of nitrogens with two attached hydrogens (primary N) is 1. The minimum atomic E-state index is -0.520. The van der Waals surface area contributed by atoms with Crippen LogP contribution in [0.4, 0.5) is 16.2 Å². The molecule has 6 heteroatoms. The van der Waals surface area contributed by atoms with E-state index in [-0.39, 0.29) is 0 Å². The van der Waals surface area contributed by atoms with Crippen LogP contribution in [0, 0.1) is 0 Å². The number of carbonyl (C=O) groups is 1. The number of aryl methyl sites for hydroxylation is 1. The normalized spacial score (nSPS) is 10.6. The molecule has 5 nitrogen and oxygen atoms in total. The Kier molecular flexibility index (Phi) is 4.66. The van der Waals surface area contributed by atoms with Gasteiger partial charge in [0.25, 0.3) is 0 Å². The van der Waals surface area contributed by atoms with Crippen molar-refractivity contribution in [3.8, 4) is 11.3 Å². The molecule has 122 valence electrons. The molecule has 0 radical (unpaired) electrons. The first-order valence-corrected chi connectivity index (χ1v) is 8.37. The van der Waals surface area contributed by atoms with Crippen LogP contribution in [0.2, 0.25) is 0 Å². The van der Waals surface area contributed by atoms with E-state index < -0.39 is 6.03 Å². The Morgan fingerprint density at radius 3 is 2.33 bits per heavy atom. The fourth-order valence-electron chi connectivity index (χ4n) is 2.64. The third-order valence-corrected chi connectivity index (χ3v) is 4.31. The standard InChI is InChI=1S/C18H17BrN4O/c1-2-22-17(16(19)12-21-22)13-8-10-15(11-9-13)23(18(20)24)14-6-4-3-5-7-14/h3-12H,2H2,1H3,(H2,20,24). The molecule has 2 N–H and O–H groups in total. The highest BCUT2D eigenvalue weighted by atomic mass is 79.9. The lowest BCUT2D eigenvalue weighted by Crippen LogP contribution is -2.31. The summed E-state index contributed by atoms with van der Waals surface area (Å²) in [6.45, 7) is 2.82. The molecule has 3 rings (SSSR count). The number of benzene rings is 2. The molecule has 0 fully saturated rings. The van der Waals surface area contributed by atoms with Crippen LogP contribution in [0.3, 0.4) is 0 Å². The molecule has 24 heavy (non-hydrogen) atoms. The van der Waals surface area contributed by atoms with E-state index in [0.29, 0.717) is 0 Å². The van der Waals surface area contributed by atoms with Crippen LogP contribution in [0.5, 0.6) is 0 Å². The number of hydrogen-bond donors (Lipinski definition) is 1. The zero-order chi connectivity index (χ0) is 17.1. The molecular weight excluding hydrogens is 368 g/mol. The lowest BCUT2D eigenvalue weighted by molar-refractivity contribution is 0.256. The minimum absolute atomic E-state index is 0.520. The first kappa shape index (κ1) is 16.3. The molecule has 3 aromatic rings. The van der Waals surface area contributed by atoms with E-state index in [1.54, 1.807) is 6.20 Å². The lowest BCUT2D eigenvalue weighted by Gasteiger charge is -2.21. The zero-order valence-electron chi connectivity index (χ0n) is 13.2. The number of para-hydroxylation sites is 1. The molecule has 0 aliphatic rings. The highest BCUT2D eigenvalue weighted by Gasteiger charge is 2.16. The zero-order valence-corrected chi connectivity index (χ0v) is 14.8. The predicted octanol–water partition coefficient (Wildman–Crippen LogP) is 4.55. The fraction of sp³-hybridized carbons (Fsp3) is 0.111. The smallest absolute Gasteiger partial charge is 0.323 e. The summed E-state index contributed by atoms with van der Waals surface area (Å²) in [7, 11) is 0. The Balaban J connectivity index is 1.99. The Morgan fingerprint density at radius 1 is 1.12 bits per heavy atom. The number of halogens is 1. The van der Waals surface area contributed by atoms with Gasteiger partial charge in [0.05, 0.1) is 27.7 Å². The van der Waals surface area contributed by atoms with Gasteiger partial charge in [0.15, 0.2) is 0 Å². The molecule has 0 saturated carbocycles. The average molecular weight is 385 g/mol. The van der Waals surface area contributed by atoms with Crippen LogP contribution in [-0.2, 0) is 6.54 Å². The van der Waals surface area contributed by atoms with Gasteiger partial charge in [0.1, 0.15) is 0 Å². The van der Waals surface area contributed by atoms with Crippen molar-refractivity contribution in [2.24, 2.45) is 5.73 Å². The summed E-state index contributed by atoms with van der Waals surface area (Å²) in [6, 6.07) is 16.5. The van der Waals surface area contributed by atoms with E-state index in [2.05, 4.69) is 21.0 Å². The van der Waals surface area contributed by atoms with Gasteiger partial charge in [-0.3, -0.25) is 9.58 Å².